The molecule has 0 spiro atoms. The van der Waals surface area contributed by atoms with Gasteiger partial charge in [-0.15, -0.1) is 11.3 Å². The molecule has 7 heteroatoms. The summed E-state index contributed by atoms with van der Waals surface area (Å²) in [5.41, 5.74) is 2.31. The lowest BCUT2D eigenvalue weighted by Crippen LogP contribution is -2.37. The Bertz CT molecular complexity index is 772. The molecule has 2 aromatic heterocycles. The van der Waals surface area contributed by atoms with E-state index in [9.17, 15) is 9.18 Å². The quantitative estimate of drug-likeness (QED) is 0.845. The number of hydrogen-bond acceptors (Lipinski definition) is 5. The number of carbonyl (C=O) groups is 1. The van der Waals surface area contributed by atoms with Gasteiger partial charge in [0.2, 0.25) is 11.9 Å². The van der Waals surface area contributed by atoms with Crippen molar-refractivity contribution in [1.29, 1.82) is 0 Å². The topological polar surface area (TPSA) is 58.1 Å². The molecule has 1 fully saturated rings. The van der Waals surface area contributed by atoms with Gasteiger partial charge in [0.05, 0.1) is 0 Å². The van der Waals surface area contributed by atoms with Gasteiger partial charge in [-0.2, -0.15) is 4.39 Å². The van der Waals surface area contributed by atoms with E-state index in [1.54, 1.807) is 12.3 Å². The maximum absolute atomic E-state index is 12.9. The van der Waals surface area contributed by atoms with E-state index in [4.69, 9.17) is 0 Å². The zero-order chi connectivity index (χ0) is 17.8. The highest BCUT2D eigenvalue weighted by molar-refractivity contribution is 7.15. The summed E-state index contributed by atoms with van der Waals surface area (Å²) in [5, 5.41) is 3.37. The third-order valence-corrected chi connectivity index (χ3v) is 5.12. The van der Waals surface area contributed by atoms with Gasteiger partial charge in [0.25, 0.3) is 0 Å². The molecular weight excluding hydrogens is 339 g/mol. The van der Waals surface area contributed by atoms with Crippen molar-refractivity contribution in [2.45, 2.75) is 39.3 Å². The Morgan fingerprint density at radius 3 is 2.96 bits per heavy atom. The van der Waals surface area contributed by atoms with Gasteiger partial charge < -0.3 is 5.32 Å². The lowest BCUT2D eigenvalue weighted by atomic mass is 9.96. The first-order valence-electron chi connectivity index (χ1n) is 8.27. The standard InChI is InChI=1S/C18H21FN4OS/c1-12-7-14(8-15-3-4-17(19)20-9-15)5-6-23(12)11-16-10-21-18(25-16)22-13(2)24/h3-4,8-10,12H,5-7,11H2,1-2H3,(H,21,22,24)/b14-8-/t12-/m1/s1. The molecule has 132 valence electrons. The van der Waals surface area contributed by atoms with Crippen LogP contribution in [0.2, 0.25) is 0 Å². The maximum Gasteiger partial charge on any atom is 0.223 e. The van der Waals surface area contributed by atoms with Crippen molar-refractivity contribution < 1.29 is 9.18 Å². The van der Waals surface area contributed by atoms with Crippen molar-refractivity contribution >= 4 is 28.5 Å². The van der Waals surface area contributed by atoms with Crippen LogP contribution in [0.4, 0.5) is 9.52 Å². The number of nitrogens with one attached hydrogen (secondary N) is 1. The second-order valence-electron chi connectivity index (χ2n) is 6.30. The van der Waals surface area contributed by atoms with Crippen LogP contribution in [-0.4, -0.2) is 33.4 Å². The molecule has 1 saturated heterocycles. The number of hydrogen-bond donors (Lipinski definition) is 1. The largest absolute Gasteiger partial charge is 0.302 e. The molecule has 0 aliphatic carbocycles. The summed E-state index contributed by atoms with van der Waals surface area (Å²) in [6.45, 7) is 5.50. The molecule has 3 heterocycles. The van der Waals surface area contributed by atoms with Crippen LogP contribution in [-0.2, 0) is 11.3 Å². The smallest absolute Gasteiger partial charge is 0.223 e. The highest BCUT2D eigenvalue weighted by Gasteiger charge is 2.22. The van der Waals surface area contributed by atoms with Crippen molar-refractivity contribution in [2.24, 2.45) is 0 Å². The lowest BCUT2D eigenvalue weighted by molar-refractivity contribution is -0.114. The van der Waals surface area contributed by atoms with E-state index in [0.29, 0.717) is 11.2 Å². The zero-order valence-corrected chi connectivity index (χ0v) is 15.1. The monoisotopic (exact) mass is 360 g/mol. The third-order valence-electron chi connectivity index (χ3n) is 4.22. The minimum Gasteiger partial charge on any atom is -0.302 e. The number of carbonyl (C=O) groups excluding carboxylic acids is 1. The summed E-state index contributed by atoms with van der Waals surface area (Å²) in [7, 11) is 0. The van der Waals surface area contributed by atoms with Crippen LogP contribution in [0.15, 0.2) is 30.1 Å². The Kier molecular flexibility index (Phi) is 5.55. The number of piperidine rings is 1. The predicted octanol–water partition coefficient (Wildman–Crippen LogP) is 3.70. The molecule has 0 radical (unpaired) electrons. The number of pyridine rings is 1. The van der Waals surface area contributed by atoms with Gasteiger partial charge in [0.15, 0.2) is 5.13 Å². The number of aromatic nitrogens is 2. The highest BCUT2D eigenvalue weighted by atomic mass is 32.1. The minimum absolute atomic E-state index is 0.0997. The van der Waals surface area contributed by atoms with Gasteiger partial charge in [-0.05, 0) is 37.5 Å². The van der Waals surface area contributed by atoms with Crippen molar-refractivity contribution in [3.63, 3.8) is 0 Å². The second-order valence-corrected chi connectivity index (χ2v) is 7.42. The fourth-order valence-electron chi connectivity index (χ4n) is 2.98. The van der Waals surface area contributed by atoms with Crippen LogP contribution < -0.4 is 5.32 Å². The third kappa shape index (κ3) is 4.93. The number of amides is 1. The highest BCUT2D eigenvalue weighted by Crippen LogP contribution is 2.27. The van der Waals surface area contributed by atoms with Gasteiger partial charge in [0, 0.05) is 43.3 Å². The zero-order valence-electron chi connectivity index (χ0n) is 14.3. The van der Waals surface area contributed by atoms with E-state index in [1.807, 2.05) is 6.20 Å². The summed E-state index contributed by atoms with van der Waals surface area (Å²) >= 11 is 1.52. The molecule has 2 aromatic rings. The maximum atomic E-state index is 12.9. The SMILES string of the molecule is CC(=O)Nc1ncc(CN2CC/C(=C/c3ccc(F)nc3)C[C@H]2C)s1. The number of nitrogens with zero attached hydrogens (tertiary/aromatic N) is 3. The number of likely N-dealkylation sites (tertiary alicyclic amines) is 1. The molecule has 0 aromatic carbocycles. The molecule has 0 unspecified atom stereocenters. The van der Waals surface area contributed by atoms with E-state index < -0.39 is 5.95 Å². The molecule has 25 heavy (non-hydrogen) atoms. The van der Waals surface area contributed by atoms with E-state index >= 15 is 0 Å². The van der Waals surface area contributed by atoms with Gasteiger partial charge in [-0.1, -0.05) is 11.6 Å². The molecule has 0 bridgehead atoms. The second kappa shape index (κ2) is 7.84. The average molecular weight is 360 g/mol. The van der Waals surface area contributed by atoms with E-state index in [-0.39, 0.29) is 5.91 Å². The summed E-state index contributed by atoms with van der Waals surface area (Å²) < 4.78 is 12.9. The molecule has 5 nitrogen and oxygen atoms in total. The Balaban J connectivity index is 1.59. The molecule has 1 aliphatic heterocycles. The Morgan fingerprint density at radius 1 is 1.44 bits per heavy atom. The van der Waals surface area contributed by atoms with Crippen molar-refractivity contribution in [3.05, 3.63) is 46.5 Å². The predicted molar refractivity (Wildman–Crippen MR) is 97.7 cm³/mol. The van der Waals surface area contributed by atoms with Crippen molar-refractivity contribution in [3.8, 4) is 0 Å². The molecule has 1 aliphatic rings. The summed E-state index contributed by atoms with van der Waals surface area (Å²) in [6, 6.07) is 3.56. The van der Waals surface area contributed by atoms with E-state index in [2.05, 4.69) is 33.2 Å². The fourth-order valence-corrected chi connectivity index (χ4v) is 3.87. The molecule has 1 amide bonds. The van der Waals surface area contributed by atoms with Gasteiger partial charge in [0.1, 0.15) is 0 Å². The van der Waals surface area contributed by atoms with Crippen molar-refractivity contribution in [1.82, 2.24) is 14.9 Å². The Hall–Kier alpha value is -2.12. The molecule has 3 rings (SSSR count). The van der Waals surface area contributed by atoms with Crippen molar-refractivity contribution in [2.75, 3.05) is 11.9 Å². The fraction of sp³-hybridized carbons (Fsp3) is 0.389. The van der Waals surface area contributed by atoms with E-state index in [1.165, 1.54) is 29.9 Å². The number of halogens is 1. The van der Waals surface area contributed by atoms with Crippen LogP contribution in [0.3, 0.4) is 0 Å². The first kappa shape index (κ1) is 17.7. The Morgan fingerprint density at radius 2 is 2.28 bits per heavy atom. The van der Waals surface area contributed by atoms with Crippen LogP contribution in [0.25, 0.3) is 6.08 Å². The van der Waals surface area contributed by atoms with Crippen LogP contribution in [0, 0.1) is 5.95 Å². The first-order chi connectivity index (χ1) is 12.0. The molecule has 1 atom stereocenters. The first-order valence-corrected chi connectivity index (χ1v) is 9.08. The van der Waals surface area contributed by atoms with Crippen LogP contribution in [0.5, 0.6) is 0 Å². The van der Waals surface area contributed by atoms with E-state index in [0.717, 1.165) is 36.4 Å². The Labute approximate surface area is 150 Å². The van der Waals surface area contributed by atoms with Crippen LogP contribution in [0.1, 0.15) is 37.1 Å². The van der Waals surface area contributed by atoms with Gasteiger partial charge in [-0.25, -0.2) is 9.97 Å². The number of thiazole rings is 1. The normalized spacial score (nSPS) is 20.0. The summed E-state index contributed by atoms with van der Waals surface area (Å²) in [6.07, 6.45) is 7.48. The number of anilines is 1. The lowest BCUT2D eigenvalue weighted by Gasteiger charge is -2.34. The molecule has 0 saturated carbocycles. The number of rotatable bonds is 4. The molecule has 1 N–H and O–H groups in total. The average Bonchev–Trinajstić information content (AvgIpc) is 2.98. The summed E-state index contributed by atoms with van der Waals surface area (Å²) in [5.74, 6) is -0.550. The minimum atomic E-state index is -0.450. The van der Waals surface area contributed by atoms with Crippen LogP contribution >= 0.6 is 11.3 Å². The van der Waals surface area contributed by atoms with Gasteiger partial charge in [-0.3, -0.25) is 9.69 Å². The van der Waals surface area contributed by atoms with Gasteiger partial charge >= 0.3 is 0 Å². The molecular formula is C18H21FN4OS. The summed E-state index contributed by atoms with van der Waals surface area (Å²) in [4.78, 5) is 22.6.